The Bertz CT molecular complexity index is 316. The number of rotatable bonds is 5. The molecule has 0 radical (unpaired) electrons. The summed E-state index contributed by atoms with van der Waals surface area (Å²) in [6, 6.07) is 7.93. The molecule has 0 unspecified atom stereocenters. The SMILES string of the molecule is C#Cc1ccc(COCCC(C)C)cc1. The van der Waals surface area contributed by atoms with Crippen LogP contribution in [0.15, 0.2) is 24.3 Å². The third kappa shape index (κ3) is 4.67. The first-order valence-corrected chi connectivity index (χ1v) is 5.35. The van der Waals surface area contributed by atoms with Gasteiger partial charge in [0.2, 0.25) is 0 Å². The van der Waals surface area contributed by atoms with Gasteiger partial charge in [-0.05, 0) is 30.0 Å². The maximum Gasteiger partial charge on any atom is 0.0716 e. The van der Waals surface area contributed by atoms with Gasteiger partial charge >= 0.3 is 0 Å². The van der Waals surface area contributed by atoms with Crippen molar-refractivity contribution in [2.75, 3.05) is 6.61 Å². The fourth-order valence-electron chi connectivity index (χ4n) is 1.21. The number of hydrogen-bond acceptors (Lipinski definition) is 1. The molecule has 0 N–H and O–H groups in total. The van der Waals surface area contributed by atoms with Crippen LogP contribution in [0.1, 0.15) is 31.4 Å². The van der Waals surface area contributed by atoms with Crippen molar-refractivity contribution in [3.8, 4) is 12.3 Å². The standard InChI is InChI=1S/C14H18O/c1-4-13-5-7-14(8-6-13)11-15-10-9-12(2)3/h1,5-8,12H,9-11H2,2-3H3. The van der Waals surface area contributed by atoms with E-state index in [-0.39, 0.29) is 0 Å². The Hall–Kier alpha value is -1.26. The van der Waals surface area contributed by atoms with E-state index in [2.05, 4.69) is 19.8 Å². The predicted molar refractivity (Wildman–Crippen MR) is 63.5 cm³/mol. The van der Waals surface area contributed by atoms with Crippen LogP contribution in [0, 0.1) is 18.3 Å². The summed E-state index contributed by atoms with van der Waals surface area (Å²) in [6.07, 6.45) is 6.39. The Morgan fingerprint density at radius 2 is 1.93 bits per heavy atom. The van der Waals surface area contributed by atoms with Crippen molar-refractivity contribution >= 4 is 0 Å². The van der Waals surface area contributed by atoms with Crippen LogP contribution in [0.25, 0.3) is 0 Å². The smallest absolute Gasteiger partial charge is 0.0716 e. The fraction of sp³-hybridized carbons (Fsp3) is 0.429. The van der Waals surface area contributed by atoms with E-state index in [9.17, 15) is 0 Å². The maximum atomic E-state index is 5.55. The summed E-state index contributed by atoms with van der Waals surface area (Å²) in [5.74, 6) is 3.30. The van der Waals surface area contributed by atoms with E-state index >= 15 is 0 Å². The van der Waals surface area contributed by atoms with Gasteiger partial charge in [-0.2, -0.15) is 0 Å². The van der Waals surface area contributed by atoms with E-state index in [1.807, 2.05) is 24.3 Å². The molecule has 0 saturated carbocycles. The van der Waals surface area contributed by atoms with Crippen molar-refractivity contribution in [3.63, 3.8) is 0 Å². The molecule has 0 fully saturated rings. The minimum Gasteiger partial charge on any atom is -0.377 e. The zero-order valence-electron chi connectivity index (χ0n) is 9.49. The molecule has 0 heterocycles. The summed E-state index contributed by atoms with van der Waals surface area (Å²) < 4.78 is 5.55. The molecule has 0 aromatic heterocycles. The fourth-order valence-corrected chi connectivity index (χ4v) is 1.21. The third-order valence-corrected chi connectivity index (χ3v) is 2.23. The lowest BCUT2D eigenvalue weighted by Gasteiger charge is -2.06. The van der Waals surface area contributed by atoms with Gasteiger partial charge in [0.25, 0.3) is 0 Å². The Balaban J connectivity index is 2.29. The third-order valence-electron chi connectivity index (χ3n) is 2.23. The Labute approximate surface area is 92.5 Å². The molecule has 0 spiro atoms. The second kappa shape index (κ2) is 6.27. The minimum atomic E-state index is 0.678. The second-order valence-corrected chi connectivity index (χ2v) is 4.08. The van der Waals surface area contributed by atoms with Crippen LogP contribution in [-0.4, -0.2) is 6.61 Å². The highest BCUT2D eigenvalue weighted by molar-refractivity contribution is 5.33. The lowest BCUT2D eigenvalue weighted by Crippen LogP contribution is -1.99. The topological polar surface area (TPSA) is 9.23 Å². The van der Waals surface area contributed by atoms with Crippen LogP contribution in [0.5, 0.6) is 0 Å². The van der Waals surface area contributed by atoms with Crippen molar-refractivity contribution in [3.05, 3.63) is 35.4 Å². The highest BCUT2D eigenvalue weighted by atomic mass is 16.5. The molecule has 1 aromatic rings. The molecule has 0 amide bonds. The summed E-state index contributed by atoms with van der Waals surface area (Å²) in [6.45, 7) is 5.91. The zero-order valence-corrected chi connectivity index (χ0v) is 9.49. The summed E-state index contributed by atoms with van der Waals surface area (Å²) >= 11 is 0. The first kappa shape index (κ1) is 11.8. The quantitative estimate of drug-likeness (QED) is 0.526. The molecule has 0 aliphatic carbocycles. The van der Waals surface area contributed by atoms with Gasteiger partial charge in [0.05, 0.1) is 6.61 Å². The summed E-state index contributed by atoms with van der Waals surface area (Å²) in [5.41, 5.74) is 2.10. The minimum absolute atomic E-state index is 0.678. The van der Waals surface area contributed by atoms with E-state index in [4.69, 9.17) is 11.2 Å². The van der Waals surface area contributed by atoms with Gasteiger partial charge in [-0.3, -0.25) is 0 Å². The molecule has 0 atom stereocenters. The van der Waals surface area contributed by atoms with Gasteiger partial charge < -0.3 is 4.74 Å². The largest absolute Gasteiger partial charge is 0.377 e. The van der Waals surface area contributed by atoms with E-state index in [1.165, 1.54) is 5.56 Å². The molecule has 0 aliphatic rings. The van der Waals surface area contributed by atoms with Crippen LogP contribution < -0.4 is 0 Å². The molecule has 1 nitrogen and oxygen atoms in total. The van der Waals surface area contributed by atoms with Gasteiger partial charge in [-0.1, -0.05) is 31.9 Å². The molecule has 80 valence electrons. The summed E-state index contributed by atoms with van der Waals surface area (Å²) in [5, 5.41) is 0. The Morgan fingerprint density at radius 1 is 1.27 bits per heavy atom. The van der Waals surface area contributed by atoms with Gasteiger partial charge in [-0.25, -0.2) is 0 Å². The average molecular weight is 202 g/mol. The van der Waals surface area contributed by atoms with Crippen LogP contribution in [0.3, 0.4) is 0 Å². The Morgan fingerprint density at radius 3 is 2.47 bits per heavy atom. The van der Waals surface area contributed by atoms with Crippen molar-refractivity contribution in [1.82, 2.24) is 0 Å². The van der Waals surface area contributed by atoms with E-state index in [0.717, 1.165) is 18.6 Å². The molecule has 0 saturated heterocycles. The monoisotopic (exact) mass is 202 g/mol. The molecular weight excluding hydrogens is 184 g/mol. The number of benzene rings is 1. The molecule has 1 rings (SSSR count). The van der Waals surface area contributed by atoms with Crippen LogP contribution >= 0.6 is 0 Å². The number of hydrogen-bond donors (Lipinski definition) is 0. The van der Waals surface area contributed by atoms with Gasteiger partial charge in [0.15, 0.2) is 0 Å². The first-order chi connectivity index (χ1) is 7.22. The maximum absolute atomic E-state index is 5.55. The molecule has 15 heavy (non-hydrogen) atoms. The average Bonchev–Trinajstić information content (AvgIpc) is 2.25. The van der Waals surface area contributed by atoms with Gasteiger partial charge in [0.1, 0.15) is 0 Å². The van der Waals surface area contributed by atoms with E-state index in [1.54, 1.807) is 0 Å². The van der Waals surface area contributed by atoms with Crippen molar-refractivity contribution in [2.24, 2.45) is 5.92 Å². The lowest BCUT2D eigenvalue weighted by molar-refractivity contribution is 0.110. The van der Waals surface area contributed by atoms with Crippen molar-refractivity contribution in [1.29, 1.82) is 0 Å². The number of terminal acetylenes is 1. The van der Waals surface area contributed by atoms with Crippen molar-refractivity contribution in [2.45, 2.75) is 26.9 Å². The van der Waals surface area contributed by atoms with E-state index < -0.39 is 0 Å². The Kier molecular flexibility index (Phi) is 4.93. The van der Waals surface area contributed by atoms with Crippen molar-refractivity contribution < 1.29 is 4.74 Å². The molecule has 1 heteroatoms. The zero-order chi connectivity index (χ0) is 11.1. The highest BCUT2D eigenvalue weighted by Crippen LogP contribution is 2.06. The van der Waals surface area contributed by atoms with Gasteiger partial charge in [0, 0.05) is 12.2 Å². The van der Waals surface area contributed by atoms with Crippen LogP contribution in [0.2, 0.25) is 0 Å². The van der Waals surface area contributed by atoms with E-state index in [0.29, 0.717) is 12.5 Å². The van der Waals surface area contributed by atoms with Crippen LogP contribution in [0.4, 0.5) is 0 Å². The molecule has 0 aliphatic heterocycles. The van der Waals surface area contributed by atoms with Gasteiger partial charge in [-0.15, -0.1) is 6.42 Å². The second-order valence-electron chi connectivity index (χ2n) is 4.08. The first-order valence-electron chi connectivity index (χ1n) is 5.35. The molecule has 0 bridgehead atoms. The summed E-state index contributed by atoms with van der Waals surface area (Å²) in [7, 11) is 0. The molecule has 1 aromatic carbocycles. The lowest BCUT2D eigenvalue weighted by atomic mass is 10.1. The molecular formula is C14H18O. The number of ether oxygens (including phenoxy) is 1. The normalized spacial score (nSPS) is 10.3. The summed E-state index contributed by atoms with van der Waals surface area (Å²) in [4.78, 5) is 0. The highest BCUT2D eigenvalue weighted by Gasteiger charge is 1.96. The van der Waals surface area contributed by atoms with Crippen LogP contribution in [-0.2, 0) is 11.3 Å². The predicted octanol–water partition coefficient (Wildman–Crippen LogP) is 3.23.